The van der Waals surface area contributed by atoms with Crippen molar-refractivity contribution >= 4 is 11.5 Å². The van der Waals surface area contributed by atoms with E-state index in [1.54, 1.807) is 21.3 Å². The minimum absolute atomic E-state index is 0.0453. The number of nitrogens with one attached hydrogen (secondary N) is 1. The van der Waals surface area contributed by atoms with Crippen molar-refractivity contribution in [3.8, 4) is 17.2 Å². The van der Waals surface area contributed by atoms with Gasteiger partial charge in [0.1, 0.15) is 0 Å². The van der Waals surface area contributed by atoms with Gasteiger partial charge < -0.3 is 19.5 Å². The van der Waals surface area contributed by atoms with Gasteiger partial charge in [0.15, 0.2) is 11.5 Å². The van der Waals surface area contributed by atoms with Gasteiger partial charge in [0.2, 0.25) is 11.7 Å². The monoisotopic (exact) mass is 357 g/mol. The van der Waals surface area contributed by atoms with Crippen LogP contribution in [0.4, 0.5) is 0 Å². The van der Waals surface area contributed by atoms with Crippen LogP contribution in [-0.4, -0.2) is 33.3 Å². The second kappa shape index (κ2) is 9.13. The molecule has 0 aliphatic heterocycles. The molecule has 1 unspecified atom stereocenters. The van der Waals surface area contributed by atoms with Gasteiger partial charge in [-0.1, -0.05) is 30.4 Å². The number of fused-ring (bicyclic) bond motifs is 1. The van der Waals surface area contributed by atoms with Crippen molar-refractivity contribution in [2.24, 2.45) is 0 Å². The minimum Gasteiger partial charge on any atom is -0.493 e. The van der Waals surface area contributed by atoms with E-state index in [4.69, 9.17) is 14.2 Å². The number of hydrogen-bond donors (Lipinski definition) is 1. The standard InChI is InChI=1S/C21H27NO4/c1-6-7-8-9-15-12-17(22-14(2)23)11-10-16-13-18(24-3)20(25-4)21(26-5)19(15)16/h6-9,12-13,17H,10-11H2,1-5H3,(H,22,23)/b7-6-,9-8-. The summed E-state index contributed by atoms with van der Waals surface area (Å²) in [6.07, 6.45) is 11.6. The molecule has 1 atom stereocenters. The van der Waals surface area contributed by atoms with E-state index >= 15 is 0 Å². The van der Waals surface area contributed by atoms with Gasteiger partial charge in [0.25, 0.3) is 0 Å². The molecule has 0 bridgehead atoms. The lowest BCUT2D eigenvalue weighted by atomic mass is 9.96. The van der Waals surface area contributed by atoms with Gasteiger partial charge in [-0.25, -0.2) is 0 Å². The number of hydrogen-bond acceptors (Lipinski definition) is 4. The summed E-state index contributed by atoms with van der Waals surface area (Å²) in [6.45, 7) is 3.50. The van der Waals surface area contributed by atoms with Gasteiger partial charge in [0, 0.05) is 18.5 Å². The Bertz CT molecular complexity index is 747. The first-order valence-corrected chi connectivity index (χ1v) is 8.66. The molecule has 0 fully saturated rings. The smallest absolute Gasteiger partial charge is 0.217 e. The third kappa shape index (κ3) is 4.28. The quantitative estimate of drug-likeness (QED) is 0.789. The van der Waals surface area contributed by atoms with Crippen LogP contribution in [0.1, 0.15) is 31.4 Å². The normalized spacial score (nSPS) is 16.8. The number of carbonyl (C=O) groups is 1. The summed E-state index contributed by atoms with van der Waals surface area (Å²) in [4.78, 5) is 11.6. The highest BCUT2D eigenvalue weighted by Gasteiger charge is 2.25. The number of aryl methyl sites for hydroxylation is 1. The highest BCUT2D eigenvalue weighted by molar-refractivity contribution is 5.85. The largest absolute Gasteiger partial charge is 0.493 e. The number of benzene rings is 1. The third-order valence-electron chi connectivity index (χ3n) is 4.27. The SMILES string of the molecule is C/C=C\C=C/C1=CC(NC(C)=O)CCc2cc(OC)c(OC)c(OC)c21. The Balaban J connectivity index is 2.67. The van der Waals surface area contributed by atoms with Gasteiger partial charge in [-0.15, -0.1) is 0 Å². The summed E-state index contributed by atoms with van der Waals surface area (Å²) in [5.74, 6) is 1.80. The second-order valence-corrected chi connectivity index (χ2v) is 6.03. The number of allylic oxidation sites excluding steroid dienone is 5. The number of rotatable bonds is 6. The average Bonchev–Trinajstić information content (AvgIpc) is 2.79. The van der Waals surface area contributed by atoms with Crippen molar-refractivity contribution in [3.05, 3.63) is 47.6 Å². The van der Waals surface area contributed by atoms with E-state index in [1.165, 1.54) is 6.92 Å². The first-order valence-electron chi connectivity index (χ1n) is 8.66. The molecular formula is C21H27NO4. The van der Waals surface area contributed by atoms with E-state index < -0.39 is 0 Å². The molecule has 1 amide bonds. The van der Waals surface area contributed by atoms with E-state index in [1.807, 2.05) is 37.3 Å². The van der Waals surface area contributed by atoms with Crippen LogP contribution in [0.2, 0.25) is 0 Å². The fourth-order valence-electron chi connectivity index (χ4n) is 3.20. The van der Waals surface area contributed by atoms with Crippen LogP contribution in [0.3, 0.4) is 0 Å². The number of ether oxygens (including phenoxy) is 3. The summed E-state index contributed by atoms with van der Waals surface area (Å²) < 4.78 is 16.7. The molecule has 140 valence electrons. The maximum Gasteiger partial charge on any atom is 0.217 e. The molecule has 5 heteroatoms. The molecule has 1 N–H and O–H groups in total. The molecule has 1 aromatic rings. The molecule has 1 aliphatic rings. The lowest BCUT2D eigenvalue weighted by Gasteiger charge is -2.19. The van der Waals surface area contributed by atoms with Crippen molar-refractivity contribution in [3.63, 3.8) is 0 Å². The van der Waals surface area contributed by atoms with Crippen molar-refractivity contribution in [2.45, 2.75) is 32.7 Å². The van der Waals surface area contributed by atoms with Gasteiger partial charge >= 0.3 is 0 Å². The Morgan fingerprint density at radius 3 is 2.46 bits per heavy atom. The van der Waals surface area contributed by atoms with E-state index in [0.29, 0.717) is 17.2 Å². The fraction of sp³-hybridized carbons (Fsp3) is 0.381. The Hall–Kier alpha value is -2.69. The van der Waals surface area contributed by atoms with Gasteiger partial charge in [-0.3, -0.25) is 4.79 Å². The molecule has 0 aromatic heterocycles. The third-order valence-corrected chi connectivity index (χ3v) is 4.27. The molecule has 2 rings (SSSR count). The van der Waals surface area contributed by atoms with E-state index in [2.05, 4.69) is 11.4 Å². The number of amides is 1. The molecular weight excluding hydrogens is 330 g/mol. The summed E-state index contributed by atoms with van der Waals surface area (Å²) in [5.41, 5.74) is 3.05. The van der Waals surface area contributed by atoms with E-state index in [0.717, 1.165) is 29.5 Å². The van der Waals surface area contributed by atoms with Crippen LogP contribution in [0, 0.1) is 0 Å². The van der Waals surface area contributed by atoms with Gasteiger partial charge in [-0.2, -0.15) is 0 Å². The van der Waals surface area contributed by atoms with Crippen LogP contribution in [0.15, 0.2) is 36.4 Å². The zero-order valence-corrected chi connectivity index (χ0v) is 16.1. The minimum atomic E-state index is -0.0492. The molecule has 0 spiro atoms. The van der Waals surface area contributed by atoms with Crippen LogP contribution >= 0.6 is 0 Å². The lowest BCUT2D eigenvalue weighted by molar-refractivity contribution is -0.119. The van der Waals surface area contributed by atoms with Crippen LogP contribution in [0.25, 0.3) is 5.57 Å². The Kier molecular flexibility index (Phi) is 6.89. The number of methoxy groups -OCH3 is 3. The number of carbonyl (C=O) groups excluding carboxylic acids is 1. The molecule has 0 radical (unpaired) electrons. The molecule has 1 aliphatic carbocycles. The zero-order valence-electron chi connectivity index (χ0n) is 16.1. The fourth-order valence-corrected chi connectivity index (χ4v) is 3.20. The highest BCUT2D eigenvalue weighted by Crippen LogP contribution is 2.46. The second-order valence-electron chi connectivity index (χ2n) is 6.03. The maximum atomic E-state index is 11.6. The molecule has 26 heavy (non-hydrogen) atoms. The predicted octanol–water partition coefficient (Wildman–Crippen LogP) is 3.68. The summed E-state index contributed by atoms with van der Waals surface area (Å²) in [5, 5.41) is 3.00. The van der Waals surface area contributed by atoms with Crippen molar-refractivity contribution in [1.29, 1.82) is 0 Å². The first-order chi connectivity index (χ1) is 12.5. The van der Waals surface area contributed by atoms with E-state index in [9.17, 15) is 4.79 Å². The molecule has 0 heterocycles. The molecule has 0 saturated heterocycles. The Labute approximate surface area is 155 Å². The first kappa shape index (κ1) is 19.6. The molecule has 5 nitrogen and oxygen atoms in total. The maximum absolute atomic E-state index is 11.6. The van der Waals surface area contributed by atoms with Crippen LogP contribution in [-0.2, 0) is 11.2 Å². The van der Waals surface area contributed by atoms with Crippen molar-refractivity contribution in [1.82, 2.24) is 5.32 Å². The summed E-state index contributed by atoms with van der Waals surface area (Å²) >= 11 is 0. The topological polar surface area (TPSA) is 56.8 Å². The highest BCUT2D eigenvalue weighted by atomic mass is 16.5. The van der Waals surface area contributed by atoms with Gasteiger partial charge in [0.05, 0.1) is 21.3 Å². The lowest BCUT2D eigenvalue weighted by Crippen LogP contribution is -2.31. The zero-order chi connectivity index (χ0) is 19.1. The van der Waals surface area contributed by atoms with Crippen molar-refractivity contribution in [2.75, 3.05) is 21.3 Å². The predicted molar refractivity (Wildman–Crippen MR) is 104 cm³/mol. The molecule has 1 aromatic carbocycles. The summed E-state index contributed by atoms with van der Waals surface area (Å²) in [7, 11) is 4.84. The van der Waals surface area contributed by atoms with Crippen LogP contribution in [0.5, 0.6) is 17.2 Å². The Morgan fingerprint density at radius 1 is 1.15 bits per heavy atom. The van der Waals surface area contributed by atoms with E-state index in [-0.39, 0.29) is 11.9 Å². The van der Waals surface area contributed by atoms with Crippen molar-refractivity contribution < 1.29 is 19.0 Å². The molecule has 0 saturated carbocycles. The summed E-state index contributed by atoms with van der Waals surface area (Å²) in [6, 6.07) is 1.94. The Morgan fingerprint density at radius 2 is 1.88 bits per heavy atom. The van der Waals surface area contributed by atoms with Gasteiger partial charge in [-0.05, 0) is 37.0 Å². The average molecular weight is 357 g/mol. The van der Waals surface area contributed by atoms with Crippen LogP contribution < -0.4 is 19.5 Å².